The summed E-state index contributed by atoms with van der Waals surface area (Å²) in [5.74, 6) is -0.762. The zero-order chi connectivity index (χ0) is 19.4. The minimum Gasteiger partial charge on any atom is -0.355 e. The lowest BCUT2D eigenvalue weighted by Gasteiger charge is -2.14. The van der Waals surface area contributed by atoms with Crippen molar-refractivity contribution in [1.82, 2.24) is 5.32 Å². The number of carbonyl (C=O) groups excluding carboxylic acids is 1. The molecule has 2 N–H and O–H groups in total. The first kappa shape index (κ1) is 19.4. The smallest absolute Gasteiger partial charge is 0.253 e. The van der Waals surface area contributed by atoms with Crippen molar-refractivity contribution in [1.29, 1.82) is 0 Å². The molecule has 3 nitrogen and oxygen atoms in total. The Morgan fingerprint density at radius 3 is 2.52 bits per heavy atom. The lowest BCUT2D eigenvalue weighted by Crippen LogP contribution is -2.24. The van der Waals surface area contributed by atoms with Crippen LogP contribution in [0.15, 0.2) is 60.7 Å². The molecule has 5 heteroatoms. The van der Waals surface area contributed by atoms with Gasteiger partial charge in [0.25, 0.3) is 5.91 Å². The molecule has 0 spiro atoms. The normalized spacial score (nSPS) is 10.5. The van der Waals surface area contributed by atoms with Crippen LogP contribution in [-0.4, -0.2) is 5.91 Å². The molecule has 0 aliphatic rings. The van der Waals surface area contributed by atoms with Crippen LogP contribution in [0.4, 0.5) is 15.8 Å². The number of halogens is 2. The third-order valence-electron chi connectivity index (χ3n) is 4.22. The Kier molecular flexibility index (Phi) is 6.11. The molecule has 3 aromatic carbocycles. The fourth-order valence-corrected chi connectivity index (χ4v) is 3.47. The van der Waals surface area contributed by atoms with Crippen molar-refractivity contribution in [3.8, 4) is 0 Å². The Balaban J connectivity index is 1.81. The molecule has 1 amide bonds. The van der Waals surface area contributed by atoms with Crippen molar-refractivity contribution in [2.24, 2.45) is 0 Å². The van der Waals surface area contributed by atoms with Crippen molar-refractivity contribution in [3.05, 3.63) is 92.3 Å². The highest BCUT2D eigenvalue weighted by Crippen LogP contribution is 2.25. The summed E-state index contributed by atoms with van der Waals surface area (Å²) in [6, 6.07) is 18.1. The SMILES string of the molecule is Cc1cccc(CNC(=O)c2cc(F)ccc2Nc2ccc(I)cc2C)c1. The Morgan fingerprint density at radius 2 is 1.78 bits per heavy atom. The average Bonchev–Trinajstić information content (AvgIpc) is 2.63. The predicted molar refractivity (Wildman–Crippen MR) is 116 cm³/mol. The topological polar surface area (TPSA) is 41.1 Å². The zero-order valence-electron chi connectivity index (χ0n) is 15.1. The highest BCUT2D eigenvalue weighted by Gasteiger charge is 2.14. The van der Waals surface area contributed by atoms with Gasteiger partial charge in [-0.3, -0.25) is 4.79 Å². The van der Waals surface area contributed by atoms with Crippen LogP contribution in [0, 0.1) is 23.2 Å². The largest absolute Gasteiger partial charge is 0.355 e. The number of rotatable bonds is 5. The minimum atomic E-state index is -0.444. The van der Waals surface area contributed by atoms with Crippen molar-refractivity contribution < 1.29 is 9.18 Å². The Labute approximate surface area is 172 Å². The highest BCUT2D eigenvalue weighted by molar-refractivity contribution is 14.1. The van der Waals surface area contributed by atoms with E-state index in [1.165, 1.54) is 12.1 Å². The molecule has 138 valence electrons. The summed E-state index contributed by atoms with van der Waals surface area (Å²) in [4.78, 5) is 12.7. The van der Waals surface area contributed by atoms with Gasteiger partial charge in [0.1, 0.15) is 5.82 Å². The molecule has 0 unspecified atom stereocenters. The van der Waals surface area contributed by atoms with Crippen molar-refractivity contribution >= 4 is 39.9 Å². The molecule has 0 saturated heterocycles. The van der Waals surface area contributed by atoms with Gasteiger partial charge in [-0.25, -0.2) is 4.39 Å². The molecule has 0 aromatic heterocycles. The van der Waals surface area contributed by atoms with Gasteiger partial charge in [-0.05, 0) is 84.0 Å². The lowest BCUT2D eigenvalue weighted by atomic mass is 10.1. The second-order valence-electron chi connectivity index (χ2n) is 6.45. The number of hydrogen-bond donors (Lipinski definition) is 2. The van der Waals surface area contributed by atoms with Gasteiger partial charge in [-0.2, -0.15) is 0 Å². The van der Waals surface area contributed by atoms with E-state index in [0.717, 1.165) is 25.9 Å². The summed E-state index contributed by atoms with van der Waals surface area (Å²) in [7, 11) is 0. The molecule has 3 rings (SSSR count). The van der Waals surface area contributed by atoms with Crippen molar-refractivity contribution in [2.45, 2.75) is 20.4 Å². The van der Waals surface area contributed by atoms with Gasteiger partial charge in [0.2, 0.25) is 0 Å². The highest BCUT2D eigenvalue weighted by atomic mass is 127. The number of nitrogens with one attached hydrogen (secondary N) is 2. The van der Waals surface area contributed by atoms with E-state index in [0.29, 0.717) is 12.2 Å². The summed E-state index contributed by atoms with van der Waals surface area (Å²) in [6.07, 6.45) is 0. The number of carbonyl (C=O) groups is 1. The fourth-order valence-electron chi connectivity index (χ4n) is 2.83. The van der Waals surface area contributed by atoms with E-state index in [1.807, 2.05) is 56.3 Å². The van der Waals surface area contributed by atoms with Crippen LogP contribution in [0.3, 0.4) is 0 Å². The van der Waals surface area contributed by atoms with Crippen molar-refractivity contribution in [2.75, 3.05) is 5.32 Å². The Bertz CT molecular complexity index is 988. The van der Waals surface area contributed by atoms with Gasteiger partial charge in [0.15, 0.2) is 0 Å². The first-order chi connectivity index (χ1) is 12.9. The van der Waals surface area contributed by atoms with Crippen LogP contribution < -0.4 is 10.6 Å². The predicted octanol–water partition coefficient (Wildman–Crippen LogP) is 5.72. The van der Waals surface area contributed by atoms with E-state index in [4.69, 9.17) is 0 Å². The number of benzene rings is 3. The van der Waals surface area contributed by atoms with Gasteiger partial charge in [0, 0.05) is 15.8 Å². The number of amides is 1. The van der Waals surface area contributed by atoms with Gasteiger partial charge in [-0.1, -0.05) is 29.8 Å². The maximum Gasteiger partial charge on any atom is 0.253 e. The number of anilines is 2. The second-order valence-corrected chi connectivity index (χ2v) is 7.69. The average molecular weight is 474 g/mol. The van der Waals surface area contributed by atoms with Gasteiger partial charge >= 0.3 is 0 Å². The summed E-state index contributed by atoms with van der Waals surface area (Å²) < 4.78 is 14.9. The Hall–Kier alpha value is -2.41. The monoisotopic (exact) mass is 474 g/mol. The van der Waals surface area contributed by atoms with Crippen LogP contribution in [0.5, 0.6) is 0 Å². The van der Waals surface area contributed by atoms with E-state index < -0.39 is 5.82 Å². The van der Waals surface area contributed by atoms with Crippen LogP contribution in [-0.2, 0) is 6.54 Å². The van der Waals surface area contributed by atoms with E-state index >= 15 is 0 Å². The molecule has 3 aromatic rings. The molecule has 27 heavy (non-hydrogen) atoms. The molecule has 0 aliphatic heterocycles. The molecular weight excluding hydrogens is 454 g/mol. The van der Waals surface area contributed by atoms with E-state index in [2.05, 4.69) is 33.2 Å². The first-order valence-electron chi connectivity index (χ1n) is 8.59. The van der Waals surface area contributed by atoms with Crippen LogP contribution in [0.2, 0.25) is 0 Å². The molecule has 0 heterocycles. The maximum absolute atomic E-state index is 13.8. The molecule has 0 aliphatic carbocycles. The summed E-state index contributed by atoms with van der Waals surface area (Å²) in [6.45, 7) is 4.38. The van der Waals surface area contributed by atoms with Gasteiger partial charge in [-0.15, -0.1) is 0 Å². The number of hydrogen-bond acceptors (Lipinski definition) is 2. The van der Waals surface area contributed by atoms with Gasteiger partial charge < -0.3 is 10.6 Å². The van der Waals surface area contributed by atoms with Crippen molar-refractivity contribution in [3.63, 3.8) is 0 Å². The van der Waals surface area contributed by atoms with E-state index in [-0.39, 0.29) is 11.5 Å². The third kappa shape index (κ3) is 5.07. The van der Waals surface area contributed by atoms with Crippen LogP contribution >= 0.6 is 22.6 Å². The summed E-state index contributed by atoms with van der Waals surface area (Å²) >= 11 is 2.25. The third-order valence-corrected chi connectivity index (χ3v) is 4.89. The quantitative estimate of drug-likeness (QED) is 0.465. The minimum absolute atomic E-state index is 0.278. The second kappa shape index (κ2) is 8.52. The maximum atomic E-state index is 13.8. The van der Waals surface area contributed by atoms with Gasteiger partial charge in [0.05, 0.1) is 11.3 Å². The first-order valence-corrected chi connectivity index (χ1v) is 9.67. The Morgan fingerprint density at radius 1 is 1.00 bits per heavy atom. The molecule has 0 bridgehead atoms. The fraction of sp³-hybridized carbons (Fsp3) is 0.136. The molecule has 0 saturated carbocycles. The van der Waals surface area contributed by atoms with E-state index in [9.17, 15) is 9.18 Å². The molecule has 0 radical (unpaired) electrons. The molecule has 0 fully saturated rings. The lowest BCUT2D eigenvalue weighted by molar-refractivity contribution is 0.0951. The number of aryl methyl sites for hydroxylation is 2. The zero-order valence-corrected chi connectivity index (χ0v) is 17.3. The van der Waals surface area contributed by atoms with Crippen LogP contribution in [0.1, 0.15) is 27.0 Å². The summed E-state index contributed by atoms with van der Waals surface area (Å²) in [5.41, 5.74) is 4.92. The molecular formula is C22H20FIN2O. The summed E-state index contributed by atoms with van der Waals surface area (Å²) in [5, 5.41) is 6.13. The van der Waals surface area contributed by atoms with E-state index in [1.54, 1.807) is 6.07 Å². The molecule has 0 atom stereocenters. The van der Waals surface area contributed by atoms with Crippen LogP contribution in [0.25, 0.3) is 0 Å². The standard InChI is InChI=1S/C22H20FIN2O/c1-14-4-3-5-16(10-14)13-25-22(27)19-12-17(23)6-8-21(19)26-20-9-7-18(24)11-15(20)2/h3-12,26H,13H2,1-2H3,(H,25,27).